The van der Waals surface area contributed by atoms with Gasteiger partial charge in [0, 0.05) is 62.2 Å². The fraction of sp³-hybridized carbons (Fsp3) is 0.400. The largest absolute Gasteiger partial charge is 0.387 e. The van der Waals surface area contributed by atoms with Crippen molar-refractivity contribution >= 4 is 44.8 Å². The summed E-state index contributed by atoms with van der Waals surface area (Å²) >= 11 is 3.33. The Morgan fingerprint density at radius 2 is 1.97 bits per heavy atom. The molecule has 11 heteroatoms. The molecule has 0 radical (unpaired) electrons. The Kier molecular flexibility index (Phi) is 7.88. The monoisotopic (exact) mass is 556 g/mol. The van der Waals surface area contributed by atoms with Crippen LogP contribution in [0.4, 0.5) is 17.1 Å². The van der Waals surface area contributed by atoms with Gasteiger partial charge in [0.15, 0.2) is 0 Å². The Hall–Kier alpha value is -3.47. The lowest BCUT2D eigenvalue weighted by atomic mass is 10.0. The number of anilines is 2. The van der Waals surface area contributed by atoms with E-state index in [1.54, 1.807) is 35.2 Å². The number of hydrogen-bond acceptors (Lipinski definition) is 7. The average Bonchev–Trinajstić information content (AvgIpc) is 2.88. The molecule has 190 valence electrons. The van der Waals surface area contributed by atoms with Crippen LogP contribution in [0.3, 0.4) is 0 Å². The predicted molar refractivity (Wildman–Crippen MR) is 141 cm³/mol. The highest BCUT2D eigenvalue weighted by Gasteiger charge is 2.31. The number of nitro benzene ring substituents is 1. The number of hydrogen-bond donors (Lipinski definition) is 2. The molecule has 1 fully saturated rings. The molecule has 0 saturated carbocycles. The fourth-order valence-electron chi connectivity index (χ4n) is 4.67. The van der Waals surface area contributed by atoms with E-state index >= 15 is 0 Å². The number of rotatable bonds is 6. The zero-order chi connectivity index (χ0) is 25.8. The van der Waals surface area contributed by atoms with Crippen molar-refractivity contribution in [1.29, 1.82) is 0 Å². The number of carbonyl (C=O) groups excluding carboxylic acids is 2. The summed E-state index contributed by atoms with van der Waals surface area (Å²) in [6, 6.07) is 4.53. The maximum atomic E-state index is 13.5. The first-order valence-electron chi connectivity index (χ1n) is 11.9. The molecule has 2 aromatic rings. The Labute approximate surface area is 218 Å². The van der Waals surface area contributed by atoms with Gasteiger partial charge in [-0.1, -0.05) is 27.6 Å². The van der Waals surface area contributed by atoms with Crippen LogP contribution in [-0.2, 0) is 0 Å². The third-order valence-corrected chi connectivity index (χ3v) is 6.92. The van der Waals surface area contributed by atoms with Crippen LogP contribution in [0.5, 0.6) is 0 Å². The molecule has 2 amide bonds. The van der Waals surface area contributed by atoms with Crippen molar-refractivity contribution < 1.29 is 14.5 Å². The molecule has 0 spiro atoms. The average molecular weight is 557 g/mol. The highest BCUT2D eigenvalue weighted by atomic mass is 79.9. The van der Waals surface area contributed by atoms with Crippen LogP contribution in [0.1, 0.15) is 46.9 Å². The van der Waals surface area contributed by atoms with Gasteiger partial charge in [-0.05, 0) is 38.3 Å². The van der Waals surface area contributed by atoms with Gasteiger partial charge in [-0.25, -0.2) is 0 Å². The number of nitrogens with one attached hydrogen (secondary N) is 2. The molecule has 3 heterocycles. The van der Waals surface area contributed by atoms with Gasteiger partial charge in [0.1, 0.15) is 5.69 Å². The van der Waals surface area contributed by atoms with Crippen molar-refractivity contribution in [2.24, 2.45) is 0 Å². The Morgan fingerprint density at radius 1 is 1.17 bits per heavy atom. The molecule has 1 aromatic heterocycles. The predicted octanol–water partition coefficient (Wildman–Crippen LogP) is 4.30. The number of nitro groups is 1. The summed E-state index contributed by atoms with van der Waals surface area (Å²) < 4.78 is 0.463. The number of benzene rings is 1. The van der Waals surface area contributed by atoms with Crippen molar-refractivity contribution in [2.45, 2.75) is 32.2 Å². The number of amides is 2. The fourth-order valence-corrected chi connectivity index (χ4v) is 5.12. The number of aromatic nitrogens is 1. The molecule has 2 aliphatic heterocycles. The van der Waals surface area contributed by atoms with E-state index in [9.17, 15) is 19.7 Å². The molecule has 10 nitrogen and oxygen atoms in total. The summed E-state index contributed by atoms with van der Waals surface area (Å²) in [5.74, 6) is -0.406. The number of nitrogens with zero attached hydrogens (tertiary/aromatic N) is 4. The smallest absolute Gasteiger partial charge is 0.294 e. The third-order valence-electron chi connectivity index (χ3n) is 6.46. The van der Waals surface area contributed by atoms with E-state index in [1.165, 1.54) is 12.3 Å². The second-order valence-corrected chi connectivity index (χ2v) is 10.0. The van der Waals surface area contributed by atoms with Gasteiger partial charge in [0.05, 0.1) is 21.7 Å². The lowest BCUT2D eigenvalue weighted by molar-refractivity contribution is -0.384. The Balaban J connectivity index is 1.60. The second-order valence-electron chi connectivity index (χ2n) is 9.12. The quantitative estimate of drug-likeness (QED) is 0.309. The van der Waals surface area contributed by atoms with Crippen molar-refractivity contribution in [2.75, 3.05) is 43.9 Å². The minimum absolute atomic E-state index is 0.150. The van der Waals surface area contributed by atoms with Crippen LogP contribution >= 0.6 is 15.9 Å². The zero-order valence-electron chi connectivity index (χ0n) is 20.3. The van der Waals surface area contributed by atoms with Crippen molar-refractivity contribution in [1.82, 2.24) is 14.8 Å². The van der Waals surface area contributed by atoms with Crippen LogP contribution in [-0.4, -0.2) is 70.8 Å². The van der Waals surface area contributed by atoms with Crippen LogP contribution < -0.4 is 10.6 Å². The second kappa shape index (κ2) is 11.1. The minimum atomic E-state index is -0.480. The van der Waals surface area contributed by atoms with Crippen LogP contribution in [0.15, 0.2) is 46.7 Å². The third kappa shape index (κ3) is 5.67. The molecule has 1 aromatic carbocycles. The first-order chi connectivity index (χ1) is 17.3. The molecule has 1 atom stereocenters. The lowest BCUT2D eigenvalue weighted by Crippen LogP contribution is -2.45. The summed E-state index contributed by atoms with van der Waals surface area (Å²) in [4.78, 5) is 45.7. The maximum Gasteiger partial charge on any atom is 0.294 e. The molecular formula is C25H29BrN6O4. The van der Waals surface area contributed by atoms with Gasteiger partial charge in [-0.2, -0.15) is 0 Å². The van der Waals surface area contributed by atoms with E-state index < -0.39 is 4.92 Å². The summed E-state index contributed by atoms with van der Waals surface area (Å²) in [6.07, 6.45) is 7.46. The van der Waals surface area contributed by atoms with E-state index in [0.717, 1.165) is 24.1 Å². The zero-order valence-corrected chi connectivity index (χ0v) is 21.9. The molecule has 0 bridgehead atoms. The molecule has 1 saturated heterocycles. The van der Waals surface area contributed by atoms with Gasteiger partial charge >= 0.3 is 0 Å². The van der Waals surface area contributed by atoms with Gasteiger partial charge in [0.25, 0.3) is 17.5 Å². The number of piperidine rings is 1. The van der Waals surface area contributed by atoms with Crippen LogP contribution in [0, 0.1) is 10.1 Å². The van der Waals surface area contributed by atoms with Crippen molar-refractivity contribution in [3.8, 4) is 0 Å². The number of pyridine rings is 1. The van der Waals surface area contributed by atoms with E-state index in [1.807, 2.05) is 6.92 Å². The summed E-state index contributed by atoms with van der Waals surface area (Å²) in [7, 11) is 1.76. The number of likely N-dealkylation sites (tertiary alicyclic amines) is 1. The standard InChI is InChI=1S/C25H29BrN6O4/c1-16-5-3-7-30(14-16)25(34)21-10-18(26)11-22(32(35)36)23(21)29-19-6-4-8-31(15-19)24(33)17-9-20(27-2)13-28-12-17/h5,9-13,19,27,29H,3-4,6-8,14-15H2,1-2H3/t19-/m1/s1. The van der Waals surface area contributed by atoms with Gasteiger partial charge < -0.3 is 20.4 Å². The van der Waals surface area contributed by atoms with Crippen molar-refractivity contribution in [3.63, 3.8) is 0 Å². The van der Waals surface area contributed by atoms with E-state index in [-0.39, 0.29) is 34.8 Å². The molecule has 36 heavy (non-hydrogen) atoms. The highest BCUT2D eigenvalue weighted by molar-refractivity contribution is 9.10. The highest BCUT2D eigenvalue weighted by Crippen LogP contribution is 2.35. The van der Waals surface area contributed by atoms with E-state index in [2.05, 4.69) is 37.6 Å². The van der Waals surface area contributed by atoms with E-state index in [0.29, 0.717) is 42.6 Å². The van der Waals surface area contributed by atoms with Crippen LogP contribution in [0.2, 0.25) is 0 Å². The topological polar surface area (TPSA) is 121 Å². The normalized spacial score (nSPS) is 17.9. The van der Waals surface area contributed by atoms with Crippen molar-refractivity contribution in [3.05, 3.63) is 68.0 Å². The molecule has 0 aliphatic carbocycles. The number of carbonyl (C=O) groups is 2. The van der Waals surface area contributed by atoms with E-state index in [4.69, 9.17) is 0 Å². The van der Waals surface area contributed by atoms with Gasteiger partial charge in [-0.15, -0.1) is 0 Å². The summed E-state index contributed by atoms with van der Waals surface area (Å²) in [6.45, 7) is 3.95. The summed E-state index contributed by atoms with van der Waals surface area (Å²) in [5.41, 5.74) is 2.57. The lowest BCUT2D eigenvalue weighted by Gasteiger charge is -2.34. The van der Waals surface area contributed by atoms with Gasteiger partial charge in [-0.3, -0.25) is 24.7 Å². The number of halogens is 1. The summed E-state index contributed by atoms with van der Waals surface area (Å²) in [5, 5.41) is 18.2. The SMILES string of the molecule is CNc1cncc(C(=O)N2CCC[C@@H](Nc3c(C(=O)N4CCC=C(C)C4)cc(Br)cc3[N+](=O)[O-])C2)c1. The molecule has 2 N–H and O–H groups in total. The Morgan fingerprint density at radius 3 is 2.69 bits per heavy atom. The first kappa shape index (κ1) is 25.6. The Bertz CT molecular complexity index is 1220. The molecule has 2 aliphatic rings. The molecular weight excluding hydrogens is 528 g/mol. The first-order valence-corrected chi connectivity index (χ1v) is 12.7. The maximum absolute atomic E-state index is 13.5. The van der Waals surface area contributed by atoms with Gasteiger partial charge in [0.2, 0.25) is 0 Å². The van der Waals surface area contributed by atoms with Crippen LogP contribution in [0.25, 0.3) is 0 Å². The minimum Gasteiger partial charge on any atom is -0.387 e. The molecule has 4 rings (SSSR count). The molecule has 0 unspecified atom stereocenters.